The van der Waals surface area contributed by atoms with E-state index in [1.807, 2.05) is 0 Å². The summed E-state index contributed by atoms with van der Waals surface area (Å²) in [5.41, 5.74) is 0. The molecule has 0 saturated carbocycles. The van der Waals surface area contributed by atoms with Crippen LogP contribution in [0.4, 0.5) is 0 Å². The monoisotopic (exact) mass is 740 g/mol. The van der Waals surface area contributed by atoms with Gasteiger partial charge in [0, 0.05) is 17.9 Å². The maximum atomic E-state index is 10.3. The Bertz CT molecular complexity index is 424. The molecule has 0 aliphatic carbocycles. The van der Waals surface area contributed by atoms with Crippen LogP contribution in [0.15, 0.2) is 0 Å². The Morgan fingerprint density at radius 1 is 0.541 bits per heavy atom. The fraction of sp³-hybridized carbons (Fsp3) is 0.935. The second-order valence-corrected chi connectivity index (χ2v) is 28.0. The molecular formula is C31H64O4Sn2. The van der Waals surface area contributed by atoms with E-state index in [1.165, 1.54) is 77.0 Å². The van der Waals surface area contributed by atoms with Crippen LogP contribution in [-0.2, 0) is 9.59 Å². The molecule has 6 heteroatoms. The number of hydrogen-bond donors (Lipinski definition) is 0. The first-order valence-electron chi connectivity index (χ1n) is 15.7. The normalized spacial score (nSPS) is 11.2. The van der Waals surface area contributed by atoms with Gasteiger partial charge in [0.2, 0.25) is 0 Å². The molecule has 1 atom stereocenters. The van der Waals surface area contributed by atoms with Crippen molar-refractivity contribution in [2.75, 3.05) is 0 Å². The van der Waals surface area contributed by atoms with Gasteiger partial charge in [0.25, 0.3) is 0 Å². The molecule has 0 bridgehead atoms. The fourth-order valence-electron chi connectivity index (χ4n) is 4.08. The number of carboxylic acids is 2. The zero-order valence-electron chi connectivity index (χ0n) is 26.2. The summed E-state index contributed by atoms with van der Waals surface area (Å²) >= 11 is -1.68. The molecule has 0 aromatic heterocycles. The summed E-state index contributed by atoms with van der Waals surface area (Å²) in [7, 11) is 0. The van der Waals surface area contributed by atoms with Crippen LogP contribution in [0.1, 0.15) is 139 Å². The molecule has 0 saturated heterocycles. The first kappa shape index (κ1) is 42.0. The summed E-state index contributed by atoms with van der Waals surface area (Å²) in [6.07, 6.45) is 17.2. The van der Waals surface area contributed by atoms with E-state index in [1.54, 1.807) is 40.5 Å². The van der Waals surface area contributed by atoms with Gasteiger partial charge in [-0.05, 0) is 12.3 Å². The Morgan fingerprint density at radius 3 is 0.892 bits per heavy atom. The van der Waals surface area contributed by atoms with Crippen LogP contribution in [-0.4, -0.2) is 51.5 Å². The van der Waals surface area contributed by atoms with Crippen LogP contribution in [0.3, 0.4) is 0 Å². The predicted molar refractivity (Wildman–Crippen MR) is 163 cm³/mol. The van der Waals surface area contributed by atoms with Gasteiger partial charge >= 0.3 is 185 Å². The minimum absolute atomic E-state index is 0.238. The number of carboxylic acid groups (broad SMARTS) is 2. The summed E-state index contributed by atoms with van der Waals surface area (Å²) in [6.45, 7) is 17.3. The summed E-state index contributed by atoms with van der Waals surface area (Å²) in [6, 6.07) is 0. The molecule has 0 heterocycles. The molecule has 220 valence electrons. The van der Waals surface area contributed by atoms with Gasteiger partial charge in [0.1, 0.15) is 0 Å². The van der Waals surface area contributed by atoms with Crippen molar-refractivity contribution in [2.24, 2.45) is 11.8 Å². The van der Waals surface area contributed by atoms with E-state index in [0.717, 1.165) is 0 Å². The molecule has 0 aromatic rings. The van der Waals surface area contributed by atoms with Crippen molar-refractivity contribution in [3.8, 4) is 0 Å². The molecule has 4 nitrogen and oxygen atoms in total. The van der Waals surface area contributed by atoms with Crippen molar-refractivity contribution in [1.82, 2.24) is 0 Å². The van der Waals surface area contributed by atoms with Gasteiger partial charge in [-0.2, -0.15) is 0 Å². The molecule has 0 radical (unpaired) electrons. The van der Waals surface area contributed by atoms with Crippen molar-refractivity contribution in [1.29, 1.82) is 0 Å². The van der Waals surface area contributed by atoms with Crippen LogP contribution in [0.5, 0.6) is 0 Å². The van der Waals surface area contributed by atoms with Crippen LogP contribution in [0.2, 0.25) is 26.6 Å². The third kappa shape index (κ3) is 32.6. The molecule has 0 amide bonds. The average molecular weight is 738 g/mol. The van der Waals surface area contributed by atoms with Crippen LogP contribution in [0, 0.1) is 11.8 Å². The predicted octanol–water partition coefficient (Wildman–Crippen LogP) is 7.91. The molecule has 0 N–H and O–H groups in total. The van der Waals surface area contributed by atoms with Gasteiger partial charge in [-0.1, -0.05) is 13.8 Å². The number of aliphatic carboxylic acids is 2. The standard InChI is InChI=1S/C7H12O4.6C4H9.2Sn/c1-4(2)5(7(10)11)3-6(8)9;6*1-3-4-2;;/h4-5H,3H2,1-2H3,(H,8,9)(H,10,11);6*1,3-4H2,2H3;;/q;;;;;;;2*+1/p-2. The van der Waals surface area contributed by atoms with Crippen LogP contribution in [0.25, 0.3) is 0 Å². The summed E-state index contributed by atoms with van der Waals surface area (Å²) in [5, 5.41) is 20.3. The van der Waals surface area contributed by atoms with E-state index in [4.69, 9.17) is 0 Å². The molecule has 0 fully saturated rings. The molecule has 0 rings (SSSR count). The fourth-order valence-corrected chi connectivity index (χ4v) is 23.0. The second-order valence-electron chi connectivity index (χ2n) is 10.9. The SMILES string of the molecule is CC(C)C(CC(=O)[O-])C(=O)[O-].CCC[CH2][Sn+]([CH2]CCC)[CH2]CCC.CCC[CH2][Sn+]([CH2]CCC)[CH2]CCC. The van der Waals surface area contributed by atoms with Crippen LogP contribution >= 0.6 is 0 Å². The van der Waals surface area contributed by atoms with Gasteiger partial charge in [-0.15, -0.1) is 0 Å². The Hall–Kier alpha value is 0.537. The van der Waals surface area contributed by atoms with E-state index in [2.05, 4.69) is 41.5 Å². The molecule has 0 spiro atoms. The number of unbranched alkanes of at least 4 members (excludes halogenated alkanes) is 6. The summed E-state index contributed by atoms with van der Waals surface area (Å²) in [5.74, 6) is -3.87. The van der Waals surface area contributed by atoms with E-state index >= 15 is 0 Å². The number of carbonyl (C=O) groups excluding carboxylic acids is 2. The van der Waals surface area contributed by atoms with Crippen molar-refractivity contribution in [3.05, 3.63) is 0 Å². The molecule has 0 aliphatic heterocycles. The van der Waals surface area contributed by atoms with Crippen molar-refractivity contribution in [3.63, 3.8) is 0 Å². The van der Waals surface area contributed by atoms with Crippen molar-refractivity contribution in [2.45, 2.75) is 165 Å². The number of hydrogen-bond acceptors (Lipinski definition) is 4. The van der Waals surface area contributed by atoms with Gasteiger partial charge in [-0.25, -0.2) is 0 Å². The quantitative estimate of drug-likeness (QED) is 0.106. The Morgan fingerprint density at radius 2 is 0.784 bits per heavy atom. The van der Waals surface area contributed by atoms with Gasteiger partial charge in [0.05, 0.1) is 0 Å². The summed E-state index contributed by atoms with van der Waals surface area (Å²) < 4.78 is 10.1. The Labute approximate surface area is 247 Å². The van der Waals surface area contributed by atoms with E-state index < -0.39 is 63.8 Å². The number of carbonyl (C=O) groups is 2. The molecule has 37 heavy (non-hydrogen) atoms. The average Bonchev–Trinajstić information content (AvgIpc) is 2.86. The maximum absolute atomic E-state index is 10.3. The molecule has 0 aromatic carbocycles. The minimum atomic E-state index is -1.35. The Balaban J connectivity index is -0.000000471. The summed E-state index contributed by atoms with van der Waals surface area (Å²) in [4.78, 5) is 20.3. The van der Waals surface area contributed by atoms with E-state index in [0.29, 0.717) is 0 Å². The van der Waals surface area contributed by atoms with Gasteiger partial charge in [0.15, 0.2) is 0 Å². The zero-order valence-corrected chi connectivity index (χ0v) is 31.9. The third-order valence-corrected chi connectivity index (χ3v) is 25.0. The van der Waals surface area contributed by atoms with Crippen LogP contribution < -0.4 is 10.2 Å². The number of rotatable bonds is 22. The van der Waals surface area contributed by atoms with Crippen molar-refractivity contribution < 1.29 is 19.8 Å². The zero-order chi connectivity index (χ0) is 28.9. The van der Waals surface area contributed by atoms with Gasteiger partial charge in [-0.3, -0.25) is 0 Å². The first-order valence-corrected chi connectivity index (χ1v) is 27.8. The van der Waals surface area contributed by atoms with Crippen molar-refractivity contribution >= 4 is 51.5 Å². The topological polar surface area (TPSA) is 80.3 Å². The third-order valence-electron chi connectivity index (χ3n) is 6.80. The van der Waals surface area contributed by atoms with Gasteiger partial charge < -0.3 is 19.8 Å². The van der Waals surface area contributed by atoms with E-state index in [9.17, 15) is 19.8 Å². The first-order chi connectivity index (χ1) is 17.6. The second kappa shape index (κ2) is 32.7. The molecule has 0 aliphatic rings. The van der Waals surface area contributed by atoms with E-state index in [-0.39, 0.29) is 5.92 Å². The molecule has 1 unspecified atom stereocenters. The Kier molecular flexibility index (Phi) is 37.2. The molecular weight excluding hydrogens is 674 g/mol.